The number of aryl methyl sites for hydroxylation is 1. The molecule has 1 unspecified atom stereocenters. The van der Waals surface area contributed by atoms with Crippen LogP contribution >= 0.6 is 0 Å². The highest BCUT2D eigenvalue weighted by atomic mass is 15.0. The highest BCUT2D eigenvalue weighted by molar-refractivity contribution is 5.34. The van der Waals surface area contributed by atoms with Crippen molar-refractivity contribution < 1.29 is 0 Å². The van der Waals surface area contributed by atoms with E-state index in [-0.39, 0.29) is 0 Å². The maximum Gasteiger partial charge on any atom is 0.129 e. The molecule has 2 rings (SSSR count). The van der Waals surface area contributed by atoms with Crippen molar-refractivity contribution >= 4 is 5.82 Å². The Morgan fingerprint density at radius 1 is 1.31 bits per heavy atom. The van der Waals surface area contributed by atoms with Crippen molar-refractivity contribution in [3.8, 4) is 0 Å². The van der Waals surface area contributed by atoms with Crippen LogP contribution in [0.1, 0.15) is 44.9 Å². The zero-order chi connectivity index (χ0) is 11.4. The number of aromatic nitrogens is 2. The fourth-order valence-electron chi connectivity index (χ4n) is 2.52. The van der Waals surface area contributed by atoms with E-state index in [2.05, 4.69) is 22.2 Å². The lowest BCUT2D eigenvalue weighted by Gasteiger charge is -2.28. The average Bonchev–Trinajstić information content (AvgIpc) is 2.30. The molecule has 1 heterocycles. The second-order valence-electron chi connectivity index (χ2n) is 4.82. The van der Waals surface area contributed by atoms with Gasteiger partial charge >= 0.3 is 0 Å². The van der Waals surface area contributed by atoms with Gasteiger partial charge < -0.3 is 5.32 Å². The Kier molecular flexibility index (Phi) is 3.75. The molecule has 1 atom stereocenters. The van der Waals surface area contributed by atoms with Gasteiger partial charge in [-0.25, -0.2) is 9.97 Å². The number of nitrogens with one attached hydrogen (secondary N) is 1. The van der Waals surface area contributed by atoms with Crippen LogP contribution in [0.2, 0.25) is 0 Å². The third-order valence-corrected chi connectivity index (χ3v) is 3.51. The number of hydrogen-bond donors (Lipinski definition) is 1. The number of hydrogen-bond acceptors (Lipinski definition) is 3. The van der Waals surface area contributed by atoms with Gasteiger partial charge in [0.25, 0.3) is 0 Å². The van der Waals surface area contributed by atoms with E-state index in [1.165, 1.54) is 32.1 Å². The van der Waals surface area contributed by atoms with Gasteiger partial charge in [-0.1, -0.05) is 19.3 Å². The lowest BCUT2D eigenvalue weighted by atomic mass is 9.84. The minimum absolute atomic E-state index is 0.523. The fraction of sp³-hybridized carbons (Fsp3) is 0.692. The van der Waals surface area contributed by atoms with Crippen LogP contribution in [0.3, 0.4) is 0 Å². The van der Waals surface area contributed by atoms with E-state index < -0.39 is 0 Å². The molecule has 0 amide bonds. The molecular formula is C13H21N3. The third-order valence-electron chi connectivity index (χ3n) is 3.51. The second-order valence-corrected chi connectivity index (χ2v) is 4.82. The van der Waals surface area contributed by atoms with Crippen LogP contribution in [0.15, 0.2) is 12.3 Å². The minimum atomic E-state index is 0.523. The standard InChI is InChI=1S/C13H21N3/c1-10(12-6-4-3-5-7-12)15-13-8-9-14-11(2)16-13/h8-10,12H,3-7H2,1-2H3,(H,14,15,16). The summed E-state index contributed by atoms with van der Waals surface area (Å²) < 4.78 is 0. The van der Waals surface area contributed by atoms with Crippen molar-refractivity contribution in [3.63, 3.8) is 0 Å². The first kappa shape index (κ1) is 11.4. The number of rotatable bonds is 3. The Morgan fingerprint density at radius 2 is 2.06 bits per heavy atom. The normalized spacial score (nSPS) is 19.4. The second kappa shape index (κ2) is 5.28. The van der Waals surface area contributed by atoms with Gasteiger partial charge in [0, 0.05) is 12.2 Å². The summed E-state index contributed by atoms with van der Waals surface area (Å²) in [5, 5.41) is 3.50. The molecule has 0 spiro atoms. The van der Waals surface area contributed by atoms with Crippen molar-refractivity contribution in [2.45, 2.75) is 52.0 Å². The molecule has 1 N–H and O–H groups in total. The van der Waals surface area contributed by atoms with Crippen LogP contribution in [0, 0.1) is 12.8 Å². The highest BCUT2D eigenvalue weighted by Crippen LogP contribution is 2.27. The highest BCUT2D eigenvalue weighted by Gasteiger charge is 2.19. The quantitative estimate of drug-likeness (QED) is 0.848. The van der Waals surface area contributed by atoms with Gasteiger partial charge in [-0.3, -0.25) is 0 Å². The first-order valence-corrected chi connectivity index (χ1v) is 6.32. The zero-order valence-electron chi connectivity index (χ0n) is 10.2. The number of anilines is 1. The maximum atomic E-state index is 4.39. The lowest BCUT2D eigenvalue weighted by molar-refractivity contribution is 0.328. The minimum Gasteiger partial charge on any atom is -0.367 e. The first-order chi connectivity index (χ1) is 7.75. The topological polar surface area (TPSA) is 37.8 Å². The summed E-state index contributed by atoms with van der Waals surface area (Å²) in [4.78, 5) is 8.49. The molecule has 0 aliphatic heterocycles. The Bertz CT molecular complexity index is 332. The van der Waals surface area contributed by atoms with E-state index in [0.29, 0.717) is 6.04 Å². The molecular weight excluding hydrogens is 198 g/mol. The summed E-state index contributed by atoms with van der Waals surface area (Å²) in [5.41, 5.74) is 0. The molecule has 1 fully saturated rings. The monoisotopic (exact) mass is 219 g/mol. The van der Waals surface area contributed by atoms with Crippen molar-refractivity contribution in [3.05, 3.63) is 18.1 Å². The molecule has 88 valence electrons. The van der Waals surface area contributed by atoms with Crippen LogP contribution in [0.25, 0.3) is 0 Å². The van der Waals surface area contributed by atoms with E-state index in [1.807, 2.05) is 19.2 Å². The predicted molar refractivity (Wildman–Crippen MR) is 66.4 cm³/mol. The average molecular weight is 219 g/mol. The zero-order valence-corrected chi connectivity index (χ0v) is 10.2. The summed E-state index contributed by atoms with van der Waals surface area (Å²) in [6, 6.07) is 2.47. The van der Waals surface area contributed by atoms with Gasteiger partial charge in [0.2, 0.25) is 0 Å². The van der Waals surface area contributed by atoms with Gasteiger partial charge in [0.1, 0.15) is 11.6 Å². The van der Waals surface area contributed by atoms with Crippen molar-refractivity contribution in [1.82, 2.24) is 9.97 Å². The molecule has 3 nitrogen and oxygen atoms in total. The van der Waals surface area contributed by atoms with Crippen molar-refractivity contribution in [2.75, 3.05) is 5.32 Å². The first-order valence-electron chi connectivity index (χ1n) is 6.32. The molecule has 1 aliphatic rings. The summed E-state index contributed by atoms with van der Waals surface area (Å²) in [6.45, 7) is 4.20. The van der Waals surface area contributed by atoms with Crippen LogP contribution in [-0.2, 0) is 0 Å². The molecule has 0 aromatic carbocycles. The molecule has 0 radical (unpaired) electrons. The molecule has 1 saturated carbocycles. The van der Waals surface area contributed by atoms with Crippen LogP contribution < -0.4 is 5.32 Å². The molecule has 0 saturated heterocycles. The maximum absolute atomic E-state index is 4.39. The molecule has 1 aliphatic carbocycles. The summed E-state index contributed by atoms with van der Waals surface area (Å²) in [5.74, 6) is 2.61. The molecule has 0 bridgehead atoms. The van der Waals surface area contributed by atoms with Gasteiger partial charge in [0.05, 0.1) is 0 Å². The van der Waals surface area contributed by atoms with Gasteiger partial charge in [0.15, 0.2) is 0 Å². The molecule has 1 aromatic rings. The SMILES string of the molecule is Cc1nccc(NC(C)C2CCCCC2)n1. The Hall–Kier alpha value is -1.12. The predicted octanol–water partition coefficient (Wildman–Crippen LogP) is 3.17. The van der Waals surface area contributed by atoms with Crippen molar-refractivity contribution in [1.29, 1.82) is 0 Å². The van der Waals surface area contributed by atoms with Crippen molar-refractivity contribution in [2.24, 2.45) is 5.92 Å². The van der Waals surface area contributed by atoms with Gasteiger partial charge in [-0.05, 0) is 38.7 Å². The summed E-state index contributed by atoms with van der Waals surface area (Å²) >= 11 is 0. The molecule has 3 heteroatoms. The summed E-state index contributed by atoms with van der Waals surface area (Å²) in [7, 11) is 0. The molecule has 1 aromatic heterocycles. The largest absolute Gasteiger partial charge is 0.367 e. The summed E-state index contributed by atoms with van der Waals surface area (Å²) in [6.07, 6.45) is 8.73. The Morgan fingerprint density at radius 3 is 2.75 bits per heavy atom. The van der Waals surface area contributed by atoms with E-state index in [0.717, 1.165) is 17.6 Å². The Labute approximate surface area is 97.7 Å². The lowest BCUT2D eigenvalue weighted by Crippen LogP contribution is -2.28. The fourth-order valence-corrected chi connectivity index (χ4v) is 2.52. The van der Waals surface area contributed by atoms with Gasteiger partial charge in [-0.15, -0.1) is 0 Å². The smallest absolute Gasteiger partial charge is 0.129 e. The van der Waals surface area contributed by atoms with E-state index in [4.69, 9.17) is 0 Å². The third kappa shape index (κ3) is 2.94. The van der Waals surface area contributed by atoms with E-state index >= 15 is 0 Å². The van der Waals surface area contributed by atoms with Crippen LogP contribution in [0.4, 0.5) is 5.82 Å². The van der Waals surface area contributed by atoms with Crippen LogP contribution in [-0.4, -0.2) is 16.0 Å². The van der Waals surface area contributed by atoms with Crippen LogP contribution in [0.5, 0.6) is 0 Å². The van der Waals surface area contributed by atoms with E-state index in [9.17, 15) is 0 Å². The van der Waals surface area contributed by atoms with E-state index in [1.54, 1.807) is 0 Å². The Balaban J connectivity index is 1.93. The molecule has 16 heavy (non-hydrogen) atoms. The van der Waals surface area contributed by atoms with Gasteiger partial charge in [-0.2, -0.15) is 0 Å². The number of nitrogens with zero attached hydrogens (tertiary/aromatic N) is 2.